The first-order chi connectivity index (χ1) is 11.5. The molecule has 0 saturated carbocycles. The number of nitrogens with two attached hydrogens (primary N) is 3. The van der Waals surface area contributed by atoms with Crippen LogP contribution in [0.4, 0.5) is 0 Å². The third kappa shape index (κ3) is 6.09. The molecule has 0 aromatic carbocycles. The van der Waals surface area contributed by atoms with Crippen LogP contribution >= 0.6 is 0 Å². The van der Waals surface area contributed by atoms with E-state index in [1.165, 1.54) is 0 Å². The van der Waals surface area contributed by atoms with Crippen molar-refractivity contribution in [3.8, 4) is 0 Å². The molecule has 12 nitrogen and oxygen atoms in total. The molecule has 25 heavy (non-hydrogen) atoms. The van der Waals surface area contributed by atoms with Gasteiger partial charge in [0.25, 0.3) is 10.2 Å². The molecule has 0 aliphatic carbocycles. The van der Waals surface area contributed by atoms with E-state index in [2.05, 4.69) is 9.71 Å². The van der Waals surface area contributed by atoms with Gasteiger partial charge in [0.2, 0.25) is 0 Å². The van der Waals surface area contributed by atoms with Crippen LogP contribution in [0.15, 0.2) is 4.99 Å². The Morgan fingerprint density at radius 1 is 1.40 bits per heavy atom. The van der Waals surface area contributed by atoms with Crippen molar-refractivity contribution in [1.82, 2.24) is 9.03 Å². The van der Waals surface area contributed by atoms with Crippen LogP contribution in [-0.4, -0.2) is 78.6 Å². The summed E-state index contributed by atoms with van der Waals surface area (Å²) < 4.78 is 27.8. The van der Waals surface area contributed by atoms with E-state index in [0.29, 0.717) is 6.42 Å². The third-order valence-electron chi connectivity index (χ3n) is 4.03. The molecule has 1 heterocycles. The minimum Gasteiger partial charge on any atom is -0.480 e. The predicted octanol–water partition coefficient (Wildman–Crippen LogP) is -3.94. The Labute approximate surface area is 146 Å². The number of guanidine groups is 1. The van der Waals surface area contributed by atoms with Gasteiger partial charge in [-0.1, -0.05) is 6.42 Å². The van der Waals surface area contributed by atoms with Crippen molar-refractivity contribution in [3.63, 3.8) is 0 Å². The lowest BCUT2D eigenvalue weighted by Crippen LogP contribution is -2.55. The summed E-state index contributed by atoms with van der Waals surface area (Å²) in [5.74, 6) is -2.13. The minimum absolute atomic E-state index is 0.0416. The van der Waals surface area contributed by atoms with Crippen LogP contribution < -0.4 is 21.9 Å². The van der Waals surface area contributed by atoms with Crippen LogP contribution in [0.25, 0.3) is 0 Å². The molecule has 0 unspecified atom stereocenters. The van der Waals surface area contributed by atoms with Crippen molar-refractivity contribution < 1.29 is 28.4 Å². The van der Waals surface area contributed by atoms with Crippen molar-refractivity contribution >= 4 is 29.3 Å². The first-order valence-corrected chi connectivity index (χ1v) is 9.11. The molecule has 1 aliphatic rings. The Balaban J connectivity index is 2.75. The maximum absolute atomic E-state index is 12.3. The molecule has 0 bridgehead atoms. The number of nitrogens with zero attached hydrogens (tertiary/aromatic N) is 2. The first-order valence-electron chi connectivity index (χ1n) is 7.67. The van der Waals surface area contributed by atoms with Crippen LogP contribution in [-0.2, 0) is 15.0 Å². The average molecular weight is 380 g/mol. The lowest BCUT2D eigenvalue weighted by Gasteiger charge is -2.25. The number of hydrogen-bond acceptors (Lipinski definition) is 7. The van der Waals surface area contributed by atoms with E-state index < -0.39 is 34.8 Å². The van der Waals surface area contributed by atoms with Crippen molar-refractivity contribution in [2.45, 2.75) is 24.7 Å². The average Bonchev–Trinajstić information content (AvgIpc) is 2.83. The van der Waals surface area contributed by atoms with E-state index in [-0.39, 0.29) is 44.9 Å². The van der Waals surface area contributed by atoms with Crippen LogP contribution in [0, 0.1) is 5.92 Å². The summed E-state index contributed by atoms with van der Waals surface area (Å²) in [6, 6.07) is 0. The van der Waals surface area contributed by atoms with Gasteiger partial charge >= 0.3 is 13.1 Å². The molecule has 0 aromatic heterocycles. The molecule has 1 rings (SSSR count). The number of hydrogen-bond donors (Lipinski definition) is 7. The van der Waals surface area contributed by atoms with Gasteiger partial charge in [0.1, 0.15) is 5.54 Å². The third-order valence-corrected chi connectivity index (χ3v) is 5.56. The highest BCUT2D eigenvalue weighted by Crippen LogP contribution is 2.31. The zero-order valence-electron chi connectivity index (χ0n) is 13.7. The molecule has 0 amide bonds. The van der Waals surface area contributed by atoms with Gasteiger partial charge < -0.3 is 32.4 Å². The number of aliphatic carboxylic acids is 1. The van der Waals surface area contributed by atoms with Crippen LogP contribution in [0.5, 0.6) is 0 Å². The molecule has 144 valence electrons. The van der Waals surface area contributed by atoms with Gasteiger partial charge in [0, 0.05) is 25.6 Å². The van der Waals surface area contributed by atoms with E-state index in [1.54, 1.807) is 0 Å². The lowest BCUT2D eigenvalue weighted by atomic mass is 9.78. The maximum atomic E-state index is 12.3. The summed E-state index contributed by atoms with van der Waals surface area (Å²) in [6.07, 6.45) is 0.608. The maximum Gasteiger partial charge on any atom is 0.451 e. The Morgan fingerprint density at radius 2 is 2.04 bits per heavy atom. The molecule has 14 heteroatoms. The predicted molar refractivity (Wildman–Crippen MR) is 91.4 cm³/mol. The zero-order valence-corrected chi connectivity index (χ0v) is 14.5. The van der Waals surface area contributed by atoms with Crippen molar-refractivity contribution in [2.75, 3.05) is 26.2 Å². The van der Waals surface area contributed by atoms with Gasteiger partial charge in [0.05, 0.1) is 6.54 Å². The van der Waals surface area contributed by atoms with Crippen molar-refractivity contribution in [2.24, 2.45) is 28.1 Å². The summed E-state index contributed by atoms with van der Waals surface area (Å²) in [4.78, 5) is 15.2. The molecule has 1 fully saturated rings. The quantitative estimate of drug-likeness (QED) is 0.0850. The number of rotatable bonds is 10. The highest BCUT2D eigenvalue weighted by atomic mass is 32.2. The SMILES string of the molecule is NC(N)=NCCNS(=O)(=O)N1C[C@@H](CCCB(O)O)[C@@](N)(C(=O)O)C1. The van der Waals surface area contributed by atoms with E-state index in [9.17, 15) is 18.3 Å². The minimum atomic E-state index is -3.95. The van der Waals surface area contributed by atoms with E-state index >= 15 is 0 Å². The first kappa shape index (κ1) is 21.6. The second-order valence-electron chi connectivity index (χ2n) is 5.95. The summed E-state index contributed by atoms with van der Waals surface area (Å²) in [5.41, 5.74) is 14.5. The molecular weight excluding hydrogens is 355 g/mol. The number of carbonyl (C=O) groups is 1. The van der Waals surface area contributed by atoms with Gasteiger partial charge in [-0.15, -0.1) is 0 Å². The Morgan fingerprint density at radius 3 is 2.56 bits per heavy atom. The topological polar surface area (TPSA) is 218 Å². The molecule has 0 aromatic rings. The van der Waals surface area contributed by atoms with Crippen LogP contribution in [0.2, 0.25) is 6.32 Å². The van der Waals surface area contributed by atoms with Gasteiger partial charge in [0.15, 0.2) is 5.96 Å². The number of aliphatic imine (C=N–C) groups is 1. The summed E-state index contributed by atoms with van der Waals surface area (Å²) in [7, 11) is -5.45. The summed E-state index contributed by atoms with van der Waals surface area (Å²) >= 11 is 0. The smallest absolute Gasteiger partial charge is 0.451 e. The lowest BCUT2D eigenvalue weighted by molar-refractivity contribution is -0.144. The molecule has 2 atom stereocenters. The van der Waals surface area contributed by atoms with Gasteiger partial charge in [-0.05, 0) is 12.7 Å². The van der Waals surface area contributed by atoms with E-state index in [4.69, 9.17) is 27.2 Å². The second-order valence-corrected chi connectivity index (χ2v) is 7.71. The summed E-state index contributed by atoms with van der Waals surface area (Å²) in [5, 5.41) is 27.1. The van der Waals surface area contributed by atoms with Crippen molar-refractivity contribution in [1.29, 1.82) is 0 Å². The van der Waals surface area contributed by atoms with E-state index in [0.717, 1.165) is 4.31 Å². The molecule has 1 saturated heterocycles. The Bertz CT molecular complexity index is 598. The fourth-order valence-corrected chi connectivity index (χ4v) is 3.96. The highest BCUT2D eigenvalue weighted by Gasteiger charge is 2.52. The molecule has 0 radical (unpaired) electrons. The van der Waals surface area contributed by atoms with Crippen LogP contribution in [0.1, 0.15) is 12.8 Å². The molecule has 10 N–H and O–H groups in total. The Kier molecular flexibility index (Phi) is 7.58. The van der Waals surface area contributed by atoms with Crippen LogP contribution in [0.3, 0.4) is 0 Å². The van der Waals surface area contributed by atoms with Gasteiger partial charge in [-0.2, -0.15) is 12.7 Å². The van der Waals surface area contributed by atoms with Gasteiger partial charge in [-0.3, -0.25) is 9.79 Å². The molecule has 0 spiro atoms. The number of carboxylic acid groups (broad SMARTS) is 1. The summed E-state index contributed by atoms with van der Waals surface area (Å²) in [6.45, 7) is -0.475. The standard InChI is InChI=1S/C11H25BN6O6S/c13-10(14)16-4-5-17-25(23,24)18-6-8(2-1-3-12(21)22)11(15,7-18)9(19)20/h8,17,21-22H,1-7,15H2,(H,19,20)(H4,13,14,16)/t8-,11-/m1/s1. The molecular formula is C11H25BN6O6S. The fraction of sp³-hybridized carbons (Fsp3) is 0.818. The fourth-order valence-electron chi connectivity index (χ4n) is 2.67. The number of nitrogens with one attached hydrogen (secondary N) is 1. The second kappa shape index (κ2) is 8.78. The zero-order chi connectivity index (χ0) is 19.3. The normalized spacial score (nSPS) is 24.2. The van der Waals surface area contributed by atoms with E-state index in [1.807, 2.05) is 0 Å². The van der Waals surface area contributed by atoms with Gasteiger partial charge in [-0.25, -0.2) is 4.72 Å². The molecule has 1 aliphatic heterocycles. The highest BCUT2D eigenvalue weighted by molar-refractivity contribution is 7.87. The Hall–Kier alpha value is -1.45. The van der Waals surface area contributed by atoms with Crippen molar-refractivity contribution in [3.05, 3.63) is 0 Å². The largest absolute Gasteiger partial charge is 0.480 e. The number of carboxylic acids is 1. The monoisotopic (exact) mass is 380 g/mol.